The van der Waals surface area contributed by atoms with Crippen molar-refractivity contribution in [3.8, 4) is 0 Å². The maximum Gasteiger partial charge on any atom is 0.321 e. The van der Waals surface area contributed by atoms with E-state index in [0.29, 0.717) is 0 Å². The molecule has 6 heteroatoms. The van der Waals surface area contributed by atoms with Gasteiger partial charge in [0.15, 0.2) is 11.6 Å². The molecule has 3 nitrogen and oxygen atoms in total. The second-order valence-electron chi connectivity index (χ2n) is 3.07. The molecule has 15 heavy (non-hydrogen) atoms. The molecular formula is C9H9BrF2N2O. The van der Waals surface area contributed by atoms with E-state index in [1.54, 1.807) is 0 Å². The highest BCUT2D eigenvalue weighted by atomic mass is 79.9. The maximum absolute atomic E-state index is 13.2. The Bertz CT molecular complexity index is 373. The summed E-state index contributed by atoms with van der Waals surface area (Å²) < 4.78 is 26.7. The topological polar surface area (TPSA) is 32.3 Å². The van der Waals surface area contributed by atoms with Gasteiger partial charge < -0.3 is 10.2 Å². The van der Waals surface area contributed by atoms with Crippen molar-refractivity contribution in [3.05, 3.63) is 28.2 Å². The van der Waals surface area contributed by atoms with Gasteiger partial charge in [-0.15, -0.1) is 0 Å². The van der Waals surface area contributed by atoms with Gasteiger partial charge in [-0.3, -0.25) is 0 Å². The van der Waals surface area contributed by atoms with Gasteiger partial charge in [0, 0.05) is 18.6 Å². The molecule has 0 heterocycles. The molecule has 0 saturated heterocycles. The third-order valence-corrected chi connectivity index (χ3v) is 2.10. The predicted octanol–water partition coefficient (Wildman–Crippen LogP) is 2.82. The monoisotopic (exact) mass is 278 g/mol. The van der Waals surface area contributed by atoms with E-state index in [-0.39, 0.29) is 4.47 Å². The predicted molar refractivity (Wildman–Crippen MR) is 56.8 cm³/mol. The zero-order chi connectivity index (χ0) is 11.6. The minimum Gasteiger partial charge on any atom is -0.331 e. The zero-order valence-electron chi connectivity index (χ0n) is 8.14. The summed E-state index contributed by atoms with van der Waals surface area (Å²) in [6.07, 6.45) is 0. The minimum absolute atomic E-state index is 0.278. The molecule has 0 atom stereocenters. The maximum atomic E-state index is 13.2. The SMILES string of the molecule is CN(C)C(=O)Nc1c(F)cc(Br)cc1F. The average molecular weight is 279 g/mol. The van der Waals surface area contributed by atoms with E-state index < -0.39 is 23.4 Å². The first kappa shape index (κ1) is 11.9. The second kappa shape index (κ2) is 4.57. The Balaban J connectivity index is 3.00. The van der Waals surface area contributed by atoms with E-state index in [1.807, 2.05) is 0 Å². The van der Waals surface area contributed by atoms with Gasteiger partial charge in [-0.05, 0) is 12.1 Å². The fraction of sp³-hybridized carbons (Fsp3) is 0.222. The van der Waals surface area contributed by atoms with Crippen LogP contribution >= 0.6 is 15.9 Å². The molecule has 1 rings (SSSR count). The molecule has 1 aromatic carbocycles. The van der Waals surface area contributed by atoms with Crippen LogP contribution in [0.5, 0.6) is 0 Å². The summed E-state index contributed by atoms with van der Waals surface area (Å²) in [6, 6.07) is 1.57. The lowest BCUT2D eigenvalue weighted by Gasteiger charge is -2.13. The molecule has 2 amide bonds. The van der Waals surface area contributed by atoms with Crippen LogP contribution in [0.4, 0.5) is 19.3 Å². The van der Waals surface area contributed by atoms with Crippen molar-refractivity contribution in [3.63, 3.8) is 0 Å². The van der Waals surface area contributed by atoms with Gasteiger partial charge in [-0.25, -0.2) is 13.6 Å². The van der Waals surface area contributed by atoms with Crippen molar-refractivity contribution in [1.29, 1.82) is 0 Å². The standard InChI is InChI=1S/C9H9BrF2N2O/c1-14(2)9(15)13-8-6(11)3-5(10)4-7(8)12/h3-4H,1-2H3,(H,13,15). The van der Waals surface area contributed by atoms with Gasteiger partial charge in [0.05, 0.1) is 0 Å². The summed E-state index contributed by atoms with van der Waals surface area (Å²) in [5.74, 6) is -1.64. The lowest BCUT2D eigenvalue weighted by atomic mass is 10.3. The van der Waals surface area contributed by atoms with Crippen molar-refractivity contribution in [2.45, 2.75) is 0 Å². The van der Waals surface area contributed by atoms with Crippen molar-refractivity contribution >= 4 is 27.6 Å². The Morgan fingerprint density at radius 3 is 2.20 bits per heavy atom. The van der Waals surface area contributed by atoms with Crippen LogP contribution in [0.15, 0.2) is 16.6 Å². The fourth-order valence-corrected chi connectivity index (χ4v) is 1.28. The van der Waals surface area contributed by atoms with Gasteiger partial charge in [-0.2, -0.15) is 0 Å². The number of anilines is 1. The molecule has 0 saturated carbocycles. The number of carbonyl (C=O) groups excluding carboxylic acids is 1. The van der Waals surface area contributed by atoms with E-state index in [4.69, 9.17) is 0 Å². The number of carbonyl (C=O) groups is 1. The Hall–Kier alpha value is -1.17. The van der Waals surface area contributed by atoms with Crippen LogP contribution in [-0.4, -0.2) is 25.0 Å². The van der Waals surface area contributed by atoms with E-state index in [9.17, 15) is 13.6 Å². The van der Waals surface area contributed by atoms with E-state index in [2.05, 4.69) is 21.2 Å². The van der Waals surface area contributed by atoms with E-state index in [1.165, 1.54) is 19.0 Å². The summed E-state index contributed by atoms with van der Waals surface area (Å²) in [5, 5.41) is 2.12. The van der Waals surface area contributed by atoms with Gasteiger partial charge in [0.1, 0.15) is 5.69 Å². The summed E-state index contributed by atoms with van der Waals surface area (Å²) >= 11 is 2.94. The highest BCUT2D eigenvalue weighted by Crippen LogP contribution is 2.23. The van der Waals surface area contributed by atoms with E-state index in [0.717, 1.165) is 12.1 Å². The summed E-state index contributed by atoms with van der Waals surface area (Å²) in [7, 11) is 2.95. The smallest absolute Gasteiger partial charge is 0.321 e. The number of benzene rings is 1. The number of hydrogen-bond donors (Lipinski definition) is 1. The van der Waals surface area contributed by atoms with Gasteiger partial charge in [0.25, 0.3) is 0 Å². The summed E-state index contributed by atoms with van der Waals surface area (Å²) in [6.45, 7) is 0. The molecule has 0 aliphatic carbocycles. The van der Waals surface area contributed by atoms with Gasteiger partial charge >= 0.3 is 6.03 Å². The van der Waals surface area contributed by atoms with Crippen LogP contribution in [-0.2, 0) is 0 Å². The molecule has 0 aliphatic rings. The molecule has 1 N–H and O–H groups in total. The molecule has 0 unspecified atom stereocenters. The molecule has 0 aromatic heterocycles. The van der Waals surface area contributed by atoms with Crippen molar-refractivity contribution in [2.24, 2.45) is 0 Å². The minimum atomic E-state index is -0.822. The molecule has 1 aromatic rings. The number of rotatable bonds is 1. The Kier molecular flexibility index (Phi) is 3.62. The first-order valence-electron chi connectivity index (χ1n) is 4.04. The first-order chi connectivity index (χ1) is 6.91. The summed E-state index contributed by atoms with van der Waals surface area (Å²) in [5.41, 5.74) is -0.447. The number of amides is 2. The second-order valence-corrected chi connectivity index (χ2v) is 3.98. The highest BCUT2D eigenvalue weighted by Gasteiger charge is 2.14. The third-order valence-electron chi connectivity index (χ3n) is 1.64. The Labute approximate surface area is 94.2 Å². The summed E-state index contributed by atoms with van der Waals surface area (Å²) in [4.78, 5) is 12.4. The molecule has 0 bridgehead atoms. The van der Waals surface area contributed by atoms with Crippen LogP contribution in [0.25, 0.3) is 0 Å². The normalized spacial score (nSPS) is 9.93. The Morgan fingerprint density at radius 1 is 1.33 bits per heavy atom. The first-order valence-corrected chi connectivity index (χ1v) is 4.84. The zero-order valence-corrected chi connectivity index (χ0v) is 9.73. The molecule has 0 fully saturated rings. The van der Waals surface area contributed by atoms with Crippen LogP contribution in [0.2, 0.25) is 0 Å². The van der Waals surface area contributed by atoms with Gasteiger partial charge in [-0.1, -0.05) is 15.9 Å². The van der Waals surface area contributed by atoms with Crippen LogP contribution < -0.4 is 5.32 Å². The fourth-order valence-electron chi connectivity index (χ4n) is 0.880. The third kappa shape index (κ3) is 2.89. The number of urea groups is 1. The number of hydrogen-bond acceptors (Lipinski definition) is 1. The average Bonchev–Trinajstić information content (AvgIpc) is 2.10. The molecule has 82 valence electrons. The van der Waals surface area contributed by atoms with Gasteiger partial charge in [0.2, 0.25) is 0 Å². The molecule has 0 spiro atoms. The van der Waals surface area contributed by atoms with Crippen molar-refractivity contribution in [2.75, 3.05) is 19.4 Å². The van der Waals surface area contributed by atoms with E-state index >= 15 is 0 Å². The highest BCUT2D eigenvalue weighted by molar-refractivity contribution is 9.10. The van der Waals surface area contributed by atoms with Crippen LogP contribution in [0.3, 0.4) is 0 Å². The van der Waals surface area contributed by atoms with Crippen LogP contribution in [0, 0.1) is 11.6 Å². The number of nitrogens with one attached hydrogen (secondary N) is 1. The molecule has 0 aliphatic heterocycles. The molecular weight excluding hydrogens is 270 g/mol. The lowest BCUT2D eigenvalue weighted by molar-refractivity contribution is 0.230. The number of halogens is 3. The van der Waals surface area contributed by atoms with Crippen molar-refractivity contribution < 1.29 is 13.6 Å². The molecule has 0 radical (unpaired) electrons. The van der Waals surface area contributed by atoms with Crippen LogP contribution in [0.1, 0.15) is 0 Å². The lowest BCUT2D eigenvalue weighted by Crippen LogP contribution is -2.28. The number of nitrogens with zero attached hydrogens (tertiary/aromatic N) is 1. The Morgan fingerprint density at radius 2 is 1.80 bits per heavy atom. The quantitative estimate of drug-likeness (QED) is 0.842. The van der Waals surface area contributed by atoms with Crippen molar-refractivity contribution in [1.82, 2.24) is 4.90 Å². The largest absolute Gasteiger partial charge is 0.331 e.